The molecule has 0 bridgehead atoms. The molecule has 1 aromatic carbocycles. The molecule has 1 rings (SSSR count). The van der Waals surface area contributed by atoms with Crippen LogP contribution >= 0.6 is 0 Å². The number of ether oxygens (including phenoxy) is 2. The van der Waals surface area contributed by atoms with Crippen LogP contribution in [0, 0.1) is 5.92 Å². The summed E-state index contributed by atoms with van der Waals surface area (Å²) in [5.74, 6) is -2.52. The molecule has 0 saturated heterocycles. The Balaban J connectivity index is 2.74. The standard InChI is InChI=1S/C17H20F3NO5/c1-10(15(23)25-2)8-13(16(24)26-3)21-14(22)9-11-4-6-12(7-5-11)17(18,19)20/h4-7,10,13H,8-9H2,1-3H3,(H,21,22)/t10-,13-/m0/s1. The highest BCUT2D eigenvalue weighted by Crippen LogP contribution is 2.29. The zero-order valence-corrected chi connectivity index (χ0v) is 14.6. The molecule has 0 unspecified atom stereocenters. The fourth-order valence-electron chi connectivity index (χ4n) is 2.25. The van der Waals surface area contributed by atoms with Gasteiger partial charge in [0, 0.05) is 0 Å². The number of amides is 1. The van der Waals surface area contributed by atoms with Crippen LogP contribution in [0.3, 0.4) is 0 Å². The summed E-state index contributed by atoms with van der Waals surface area (Å²) in [4.78, 5) is 35.3. The smallest absolute Gasteiger partial charge is 0.416 e. The number of benzene rings is 1. The molecule has 6 nitrogen and oxygen atoms in total. The Bertz CT molecular complexity index is 643. The van der Waals surface area contributed by atoms with Crippen LogP contribution in [0.5, 0.6) is 0 Å². The zero-order valence-electron chi connectivity index (χ0n) is 14.6. The van der Waals surface area contributed by atoms with E-state index in [0.29, 0.717) is 5.56 Å². The lowest BCUT2D eigenvalue weighted by Gasteiger charge is -2.19. The Labute approximate surface area is 148 Å². The molecule has 144 valence electrons. The van der Waals surface area contributed by atoms with Gasteiger partial charge < -0.3 is 14.8 Å². The highest BCUT2D eigenvalue weighted by molar-refractivity contribution is 5.86. The van der Waals surface area contributed by atoms with Crippen molar-refractivity contribution in [2.75, 3.05) is 14.2 Å². The third-order valence-electron chi connectivity index (χ3n) is 3.66. The summed E-state index contributed by atoms with van der Waals surface area (Å²) in [6, 6.07) is 3.05. The van der Waals surface area contributed by atoms with E-state index in [-0.39, 0.29) is 12.8 Å². The molecular weight excluding hydrogens is 355 g/mol. The van der Waals surface area contributed by atoms with Crippen LogP contribution in [0.1, 0.15) is 24.5 Å². The van der Waals surface area contributed by atoms with E-state index in [2.05, 4.69) is 14.8 Å². The van der Waals surface area contributed by atoms with Gasteiger partial charge in [0.25, 0.3) is 0 Å². The highest BCUT2D eigenvalue weighted by Gasteiger charge is 2.30. The van der Waals surface area contributed by atoms with E-state index in [0.717, 1.165) is 19.2 Å². The van der Waals surface area contributed by atoms with Crippen molar-refractivity contribution in [3.63, 3.8) is 0 Å². The SMILES string of the molecule is COC(=O)[C@H](C[C@H](C)C(=O)OC)NC(=O)Cc1ccc(C(F)(F)F)cc1. The average molecular weight is 375 g/mol. The summed E-state index contributed by atoms with van der Waals surface area (Å²) in [7, 11) is 2.34. The number of methoxy groups -OCH3 is 2. The van der Waals surface area contributed by atoms with Gasteiger partial charge in [-0.3, -0.25) is 9.59 Å². The van der Waals surface area contributed by atoms with E-state index in [1.807, 2.05) is 0 Å². The molecule has 0 aliphatic rings. The van der Waals surface area contributed by atoms with E-state index in [4.69, 9.17) is 0 Å². The summed E-state index contributed by atoms with van der Waals surface area (Å²) in [5.41, 5.74) is -0.471. The minimum Gasteiger partial charge on any atom is -0.469 e. The van der Waals surface area contributed by atoms with Gasteiger partial charge >= 0.3 is 18.1 Å². The first-order chi connectivity index (χ1) is 12.1. The van der Waals surface area contributed by atoms with E-state index in [1.54, 1.807) is 0 Å². The van der Waals surface area contributed by atoms with Crippen LogP contribution < -0.4 is 5.32 Å². The lowest BCUT2D eigenvalue weighted by molar-refractivity contribution is -0.149. The maximum Gasteiger partial charge on any atom is 0.416 e. The summed E-state index contributed by atoms with van der Waals surface area (Å²) in [5, 5.41) is 2.43. The van der Waals surface area contributed by atoms with Crippen LogP contribution in [-0.2, 0) is 36.5 Å². The normalized spacial score (nSPS) is 13.5. The molecule has 0 heterocycles. The molecule has 0 radical (unpaired) electrons. The van der Waals surface area contributed by atoms with Crippen molar-refractivity contribution in [2.24, 2.45) is 5.92 Å². The Morgan fingerprint density at radius 3 is 2.04 bits per heavy atom. The number of halogens is 3. The number of esters is 2. The predicted octanol–water partition coefficient (Wildman–Crippen LogP) is 2.10. The maximum absolute atomic E-state index is 12.5. The first-order valence-electron chi connectivity index (χ1n) is 7.69. The van der Waals surface area contributed by atoms with Gasteiger partial charge in [0.05, 0.1) is 32.1 Å². The number of rotatable bonds is 7. The third kappa shape index (κ3) is 6.38. The van der Waals surface area contributed by atoms with E-state index in [9.17, 15) is 27.6 Å². The van der Waals surface area contributed by atoms with Gasteiger partial charge in [0.15, 0.2) is 0 Å². The van der Waals surface area contributed by atoms with Gasteiger partial charge in [-0.1, -0.05) is 19.1 Å². The minimum absolute atomic E-state index is 0.0297. The van der Waals surface area contributed by atoms with Crippen molar-refractivity contribution < 1.29 is 37.0 Å². The molecule has 1 aromatic rings. The lowest BCUT2D eigenvalue weighted by atomic mass is 10.0. The van der Waals surface area contributed by atoms with Crippen molar-refractivity contribution >= 4 is 17.8 Å². The van der Waals surface area contributed by atoms with Crippen molar-refractivity contribution in [3.8, 4) is 0 Å². The van der Waals surface area contributed by atoms with Gasteiger partial charge in [0.1, 0.15) is 6.04 Å². The second-order valence-electron chi connectivity index (χ2n) is 5.67. The molecule has 1 amide bonds. The molecule has 0 aliphatic heterocycles. The zero-order chi connectivity index (χ0) is 19.9. The van der Waals surface area contributed by atoms with Gasteiger partial charge in [0.2, 0.25) is 5.91 Å². The Kier molecular flexibility index (Phi) is 7.60. The number of nitrogens with one attached hydrogen (secondary N) is 1. The molecule has 2 atom stereocenters. The van der Waals surface area contributed by atoms with E-state index in [1.165, 1.54) is 26.2 Å². The topological polar surface area (TPSA) is 81.7 Å². The Hall–Kier alpha value is -2.58. The quantitative estimate of drug-likeness (QED) is 0.738. The van der Waals surface area contributed by atoms with Crippen LogP contribution in [0.15, 0.2) is 24.3 Å². The van der Waals surface area contributed by atoms with E-state index >= 15 is 0 Å². The predicted molar refractivity (Wildman–Crippen MR) is 84.9 cm³/mol. The van der Waals surface area contributed by atoms with Crippen molar-refractivity contribution in [2.45, 2.75) is 32.0 Å². The van der Waals surface area contributed by atoms with Crippen LogP contribution in [0.25, 0.3) is 0 Å². The van der Waals surface area contributed by atoms with Gasteiger partial charge in [-0.25, -0.2) is 4.79 Å². The summed E-state index contributed by atoms with van der Waals surface area (Å²) >= 11 is 0. The average Bonchev–Trinajstić information content (AvgIpc) is 2.59. The van der Waals surface area contributed by atoms with Crippen molar-refractivity contribution in [1.29, 1.82) is 0 Å². The fourth-order valence-corrected chi connectivity index (χ4v) is 2.25. The molecule has 0 spiro atoms. The number of hydrogen-bond donors (Lipinski definition) is 1. The summed E-state index contributed by atoms with van der Waals surface area (Å²) < 4.78 is 46.8. The van der Waals surface area contributed by atoms with E-state index < -0.39 is 41.5 Å². The Morgan fingerprint density at radius 1 is 1.04 bits per heavy atom. The van der Waals surface area contributed by atoms with Crippen molar-refractivity contribution in [1.82, 2.24) is 5.32 Å². The maximum atomic E-state index is 12.5. The third-order valence-corrected chi connectivity index (χ3v) is 3.66. The van der Waals surface area contributed by atoms with Gasteiger partial charge in [-0.15, -0.1) is 0 Å². The van der Waals surface area contributed by atoms with Crippen molar-refractivity contribution in [3.05, 3.63) is 35.4 Å². The molecule has 26 heavy (non-hydrogen) atoms. The van der Waals surface area contributed by atoms with Gasteiger partial charge in [-0.2, -0.15) is 13.2 Å². The molecule has 0 fully saturated rings. The second kappa shape index (κ2) is 9.21. The molecule has 0 aliphatic carbocycles. The number of hydrogen-bond acceptors (Lipinski definition) is 5. The molecule has 1 N–H and O–H groups in total. The number of alkyl halides is 3. The fraction of sp³-hybridized carbons (Fsp3) is 0.471. The summed E-state index contributed by atoms with van der Waals surface area (Å²) in [6.07, 6.45) is -4.71. The van der Waals surface area contributed by atoms with Crippen LogP contribution in [0.4, 0.5) is 13.2 Å². The first kappa shape index (κ1) is 21.5. The largest absolute Gasteiger partial charge is 0.469 e. The number of carbonyl (C=O) groups excluding carboxylic acids is 3. The molecule has 0 saturated carbocycles. The monoisotopic (exact) mass is 375 g/mol. The van der Waals surface area contributed by atoms with Gasteiger partial charge in [-0.05, 0) is 24.1 Å². The lowest BCUT2D eigenvalue weighted by Crippen LogP contribution is -2.44. The number of carbonyl (C=O) groups is 3. The highest BCUT2D eigenvalue weighted by atomic mass is 19.4. The minimum atomic E-state index is -4.46. The second-order valence-corrected chi connectivity index (χ2v) is 5.67. The van der Waals surface area contributed by atoms with Crippen LogP contribution in [0.2, 0.25) is 0 Å². The molecule has 0 aromatic heterocycles. The first-order valence-corrected chi connectivity index (χ1v) is 7.69. The Morgan fingerprint density at radius 2 is 1.58 bits per heavy atom. The summed E-state index contributed by atoms with van der Waals surface area (Å²) in [6.45, 7) is 1.53. The molecular formula is C17H20F3NO5. The molecule has 9 heteroatoms. The van der Waals surface area contributed by atoms with Crippen LogP contribution in [-0.4, -0.2) is 38.1 Å².